The average molecular weight is 342 g/mol. The zero-order valence-corrected chi connectivity index (χ0v) is 15.2. The van der Waals surface area contributed by atoms with Crippen molar-refractivity contribution in [2.75, 3.05) is 33.8 Å². The Hall–Kier alpha value is -2.34. The minimum absolute atomic E-state index is 0.0575. The van der Waals surface area contributed by atoms with Crippen molar-refractivity contribution in [1.82, 2.24) is 20.0 Å². The van der Waals surface area contributed by atoms with Crippen LogP contribution in [0.3, 0.4) is 0 Å². The highest BCUT2D eigenvalue weighted by Crippen LogP contribution is 2.25. The molecule has 1 N–H and O–H groups in total. The van der Waals surface area contributed by atoms with Gasteiger partial charge in [0.25, 0.3) is 5.91 Å². The third-order valence-corrected chi connectivity index (χ3v) is 4.88. The van der Waals surface area contributed by atoms with E-state index in [1.807, 2.05) is 36.1 Å². The monoisotopic (exact) mass is 342 g/mol. The Morgan fingerprint density at radius 2 is 2.12 bits per heavy atom. The highest BCUT2D eigenvalue weighted by Gasteiger charge is 2.24. The molecule has 0 unspecified atom stereocenters. The summed E-state index contributed by atoms with van der Waals surface area (Å²) in [6, 6.07) is 8.34. The van der Waals surface area contributed by atoms with Crippen LogP contribution in [-0.2, 0) is 4.79 Å². The van der Waals surface area contributed by atoms with E-state index in [4.69, 9.17) is 4.74 Å². The largest absolute Gasteiger partial charge is 0.484 e. The normalized spacial score (nSPS) is 15.6. The maximum atomic E-state index is 12.4. The summed E-state index contributed by atoms with van der Waals surface area (Å²) in [5.41, 5.74) is 3.09. The molecule has 6 nitrogen and oxygen atoms in total. The molecule has 0 saturated carbocycles. The standard InChI is InChI=1S/C19H26N4O2/c1-14-18(12-20-21-14)15-5-4-6-17(11-15)25-13-19(24)23-9-7-16(8-10-23)22(2)3/h4-6,11-12,16H,7-10,13H2,1-3H3,(H,20,21). The first-order valence-corrected chi connectivity index (χ1v) is 8.72. The molecule has 0 atom stereocenters. The van der Waals surface area contributed by atoms with E-state index in [1.54, 1.807) is 6.20 Å². The van der Waals surface area contributed by atoms with E-state index < -0.39 is 0 Å². The van der Waals surface area contributed by atoms with Crippen molar-refractivity contribution in [2.24, 2.45) is 0 Å². The lowest BCUT2D eigenvalue weighted by atomic mass is 10.0. The summed E-state index contributed by atoms with van der Waals surface area (Å²) in [6.45, 7) is 3.68. The average Bonchev–Trinajstić information content (AvgIpc) is 3.06. The number of H-pyrrole nitrogens is 1. The minimum Gasteiger partial charge on any atom is -0.484 e. The maximum Gasteiger partial charge on any atom is 0.260 e. The van der Waals surface area contributed by atoms with E-state index in [0.717, 1.165) is 42.8 Å². The van der Waals surface area contributed by atoms with E-state index in [0.29, 0.717) is 11.8 Å². The van der Waals surface area contributed by atoms with Crippen LogP contribution in [0.4, 0.5) is 0 Å². The number of carbonyl (C=O) groups excluding carboxylic acids is 1. The van der Waals surface area contributed by atoms with Crippen LogP contribution in [-0.4, -0.2) is 65.7 Å². The van der Waals surface area contributed by atoms with Gasteiger partial charge in [0.2, 0.25) is 0 Å². The van der Waals surface area contributed by atoms with Crippen molar-refractivity contribution in [3.63, 3.8) is 0 Å². The Balaban J connectivity index is 1.55. The van der Waals surface area contributed by atoms with Crippen molar-refractivity contribution in [3.8, 4) is 16.9 Å². The second-order valence-corrected chi connectivity index (χ2v) is 6.80. The molecule has 1 aliphatic heterocycles. The molecule has 2 aromatic rings. The molecule has 0 aliphatic carbocycles. The van der Waals surface area contributed by atoms with E-state index in [9.17, 15) is 4.79 Å². The molecule has 6 heteroatoms. The van der Waals surface area contributed by atoms with Crippen LogP contribution in [0.1, 0.15) is 18.5 Å². The lowest BCUT2D eigenvalue weighted by Crippen LogP contribution is -2.45. The first-order valence-electron chi connectivity index (χ1n) is 8.72. The van der Waals surface area contributed by atoms with E-state index in [2.05, 4.69) is 29.2 Å². The van der Waals surface area contributed by atoms with Crippen LogP contribution in [0, 0.1) is 6.92 Å². The molecule has 1 aliphatic rings. The Morgan fingerprint density at radius 3 is 2.76 bits per heavy atom. The van der Waals surface area contributed by atoms with Crippen molar-refractivity contribution in [2.45, 2.75) is 25.8 Å². The number of benzene rings is 1. The lowest BCUT2D eigenvalue weighted by molar-refractivity contribution is -0.134. The van der Waals surface area contributed by atoms with Gasteiger partial charge in [0.05, 0.1) is 6.20 Å². The van der Waals surface area contributed by atoms with E-state index in [-0.39, 0.29) is 12.5 Å². The molecule has 1 aromatic heterocycles. The Bertz CT molecular complexity index is 718. The first kappa shape index (κ1) is 17.5. The molecule has 1 saturated heterocycles. The van der Waals surface area contributed by atoms with Gasteiger partial charge in [-0.25, -0.2) is 0 Å². The molecular formula is C19H26N4O2. The predicted molar refractivity (Wildman–Crippen MR) is 97.5 cm³/mol. The van der Waals surface area contributed by atoms with Gasteiger partial charge in [0, 0.05) is 30.4 Å². The molecule has 25 heavy (non-hydrogen) atoms. The summed E-state index contributed by atoms with van der Waals surface area (Å²) < 4.78 is 5.74. The van der Waals surface area contributed by atoms with Gasteiger partial charge in [-0.05, 0) is 51.6 Å². The molecule has 1 aromatic carbocycles. The molecular weight excluding hydrogens is 316 g/mol. The van der Waals surface area contributed by atoms with Crippen LogP contribution in [0.2, 0.25) is 0 Å². The first-order chi connectivity index (χ1) is 12.0. The SMILES string of the molecule is Cc1[nH]ncc1-c1cccc(OCC(=O)N2CCC(N(C)C)CC2)c1. The second-order valence-electron chi connectivity index (χ2n) is 6.80. The highest BCUT2D eigenvalue weighted by atomic mass is 16.5. The third-order valence-electron chi connectivity index (χ3n) is 4.88. The zero-order chi connectivity index (χ0) is 17.8. The van der Waals surface area contributed by atoms with Gasteiger partial charge in [-0.3, -0.25) is 9.89 Å². The smallest absolute Gasteiger partial charge is 0.260 e. The summed E-state index contributed by atoms with van der Waals surface area (Å²) in [7, 11) is 4.19. The third kappa shape index (κ3) is 4.20. The van der Waals surface area contributed by atoms with Crippen molar-refractivity contribution >= 4 is 5.91 Å². The number of ether oxygens (including phenoxy) is 1. The predicted octanol–water partition coefficient (Wildman–Crippen LogP) is 2.32. The van der Waals surface area contributed by atoms with E-state index in [1.165, 1.54) is 0 Å². The number of aryl methyl sites for hydroxylation is 1. The molecule has 3 rings (SSSR count). The van der Waals surface area contributed by atoms with Crippen LogP contribution in [0.5, 0.6) is 5.75 Å². The quantitative estimate of drug-likeness (QED) is 0.906. The Kier molecular flexibility index (Phi) is 5.38. The van der Waals surface area contributed by atoms with Crippen LogP contribution in [0.15, 0.2) is 30.5 Å². The number of likely N-dealkylation sites (tertiary alicyclic amines) is 1. The van der Waals surface area contributed by atoms with Crippen LogP contribution < -0.4 is 4.74 Å². The molecule has 1 fully saturated rings. The number of nitrogens with one attached hydrogen (secondary N) is 1. The van der Waals surface area contributed by atoms with Crippen molar-refractivity contribution < 1.29 is 9.53 Å². The number of aromatic amines is 1. The van der Waals surface area contributed by atoms with Gasteiger partial charge in [-0.15, -0.1) is 0 Å². The number of amides is 1. The summed E-state index contributed by atoms with van der Waals surface area (Å²) in [6.07, 6.45) is 3.84. The number of nitrogens with zero attached hydrogens (tertiary/aromatic N) is 3. The number of piperidine rings is 1. The van der Waals surface area contributed by atoms with Crippen LogP contribution >= 0.6 is 0 Å². The summed E-state index contributed by atoms with van der Waals surface area (Å²) >= 11 is 0. The number of rotatable bonds is 5. The van der Waals surface area contributed by atoms with Gasteiger partial charge in [-0.2, -0.15) is 5.10 Å². The Labute approximate surface area is 148 Å². The van der Waals surface area contributed by atoms with Gasteiger partial charge in [-0.1, -0.05) is 12.1 Å². The molecule has 0 spiro atoms. The Morgan fingerprint density at radius 1 is 1.36 bits per heavy atom. The van der Waals surface area contributed by atoms with Gasteiger partial charge < -0.3 is 14.5 Å². The maximum absolute atomic E-state index is 12.4. The summed E-state index contributed by atoms with van der Waals surface area (Å²) in [4.78, 5) is 16.5. The fraction of sp³-hybridized carbons (Fsp3) is 0.474. The minimum atomic E-state index is 0.0575. The topological polar surface area (TPSA) is 61.5 Å². The molecule has 134 valence electrons. The van der Waals surface area contributed by atoms with Crippen LogP contribution in [0.25, 0.3) is 11.1 Å². The van der Waals surface area contributed by atoms with Gasteiger partial charge in [0.15, 0.2) is 6.61 Å². The number of aromatic nitrogens is 2. The molecule has 0 radical (unpaired) electrons. The zero-order valence-electron chi connectivity index (χ0n) is 15.2. The van der Waals surface area contributed by atoms with Gasteiger partial charge >= 0.3 is 0 Å². The fourth-order valence-corrected chi connectivity index (χ4v) is 3.26. The van der Waals surface area contributed by atoms with Crippen molar-refractivity contribution in [3.05, 3.63) is 36.2 Å². The summed E-state index contributed by atoms with van der Waals surface area (Å²) in [5.74, 6) is 0.761. The fourth-order valence-electron chi connectivity index (χ4n) is 3.26. The van der Waals surface area contributed by atoms with Gasteiger partial charge in [0.1, 0.15) is 5.75 Å². The van der Waals surface area contributed by atoms with Crippen molar-refractivity contribution in [1.29, 1.82) is 0 Å². The number of hydrogen-bond donors (Lipinski definition) is 1. The molecule has 0 bridgehead atoms. The molecule has 2 heterocycles. The highest BCUT2D eigenvalue weighted by molar-refractivity contribution is 5.78. The molecule has 1 amide bonds. The second kappa shape index (κ2) is 7.70. The lowest BCUT2D eigenvalue weighted by Gasteiger charge is -2.35. The van der Waals surface area contributed by atoms with E-state index >= 15 is 0 Å². The number of hydrogen-bond acceptors (Lipinski definition) is 4. The summed E-state index contributed by atoms with van der Waals surface area (Å²) in [5, 5.41) is 6.99. The number of carbonyl (C=O) groups is 1.